The molecule has 1 aliphatic rings. The van der Waals surface area contributed by atoms with Gasteiger partial charge in [0.05, 0.1) is 11.0 Å². The molecule has 0 atom stereocenters. The van der Waals surface area contributed by atoms with Gasteiger partial charge in [-0.3, -0.25) is 4.79 Å². The fourth-order valence-corrected chi connectivity index (χ4v) is 4.39. The standard InChI is InChI=1S/C26H23F2N3O2/c1-16-29-23-11-8-20(14-24(23)30-16)19-5-4-17-3-2-12-31(15-21(17)13-19)25(32)18-6-9-22(10-7-18)33-26(27)28/h4-11,13-14,26H,2-3,12,15H2,1H3,(H,29,30). The van der Waals surface area contributed by atoms with E-state index in [4.69, 9.17) is 0 Å². The van der Waals surface area contributed by atoms with E-state index in [1.807, 2.05) is 17.9 Å². The van der Waals surface area contributed by atoms with Gasteiger partial charge < -0.3 is 14.6 Å². The number of imidazole rings is 1. The molecule has 5 nitrogen and oxygen atoms in total. The Morgan fingerprint density at radius 3 is 2.58 bits per heavy atom. The number of ether oxygens (including phenoxy) is 1. The minimum atomic E-state index is -2.89. The molecule has 168 valence electrons. The second kappa shape index (κ2) is 8.65. The van der Waals surface area contributed by atoms with E-state index in [1.165, 1.54) is 29.8 Å². The zero-order chi connectivity index (χ0) is 22.9. The summed E-state index contributed by atoms with van der Waals surface area (Å²) in [6.07, 6.45) is 1.77. The van der Waals surface area contributed by atoms with Crippen LogP contribution in [0.25, 0.3) is 22.2 Å². The lowest BCUT2D eigenvalue weighted by Gasteiger charge is -2.21. The first kappa shape index (κ1) is 21.1. The van der Waals surface area contributed by atoms with Crippen LogP contribution >= 0.6 is 0 Å². The van der Waals surface area contributed by atoms with E-state index in [-0.39, 0.29) is 11.7 Å². The van der Waals surface area contributed by atoms with Gasteiger partial charge in [0, 0.05) is 18.7 Å². The van der Waals surface area contributed by atoms with Crippen molar-refractivity contribution in [1.29, 1.82) is 0 Å². The summed E-state index contributed by atoms with van der Waals surface area (Å²) in [5, 5.41) is 0. The first-order chi connectivity index (χ1) is 16.0. The van der Waals surface area contributed by atoms with Crippen molar-refractivity contribution in [2.24, 2.45) is 0 Å². The van der Waals surface area contributed by atoms with Gasteiger partial charge >= 0.3 is 6.61 Å². The third-order valence-corrected chi connectivity index (χ3v) is 5.99. The first-order valence-electron chi connectivity index (χ1n) is 10.9. The molecule has 3 aromatic carbocycles. The summed E-state index contributed by atoms with van der Waals surface area (Å²) in [4.78, 5) is 22.7. The van der Waals surface area contributed by atoms with E-state index < -0.39 is 6.61 Å². The van der Waals surface area contributed by atoms with Crippen LogP contribution in [0.5, 0.6) is 5.75 Å². The summed E-state index contributed by atoms with van der Waals surface area (Å²) in [5.74, 6) is 0.800. The fourth-order valence-electron chi connectivity index (χ4n) is 4.39. The molecule has 1 N–H and O–H groups in total. The highest BCUT2D eigenvalue weighted by Gasteiger charge is 2.21. The lowest BCUT2D eigenvalue weighted by Crippen LogP contribution is -2.30. The molecule has 0 spiro atoms. The number of rotatable bonds is 4. The van der Waals surface area contributed by atoms with Crippen molar-refractivity contribution in [1.82, 2.24) is 14.9 Å². The minimum Gasteiger partial charge on any atom is -0.435 e. The van der Waals surface area contributed by atoms with Gasteiger partial charge in [0.25, 0.3) is 5.91 Å². The molecule has 0 radical (unpaired) electrons. The summed E-state index contributed by atoms with van der Waals surface area (Å²) in [6.45, 7) is 0.186. The predicted molar refractivity (Wildman–Crippen MR) is 122 cm³/mol. The predicted octanol–water partition coefficient (Wildman–Crippen LogP) is 5.73. The van der Waals surface area contributed by atoms with Gasteiger partial charge in [0.2, 0.25) is 0 Å². The quantitative estimate of drug-likeness (QED) is 0.435. The maximum atomic E-state index is 13.1. The lowest BCUT2D eigenvalue weighted by molar-refractivity contribution is -0.0498. The molecule has 0 saturated carbocycles. The molecule has 0 aliphatic carbocycles. The van der Waals surface area contributed by atoms with Gasteiger partial charge in [-0.15, -0.1) is 0 Å². The zero-order valence-corrected chi connectivity index (χ0v) is 18.1. The van der Waals surface area contributed by atoms with Crippen molar-refractivity contribution in [3.05, 3.63) is 83.2 Å². The van der Waals surface area contributed by atoms with Gasteiger partial charge in [-0.2, -0.15) is 8.78 Å². The fraction of sp³-hybridized carbons (Fsp3) is 0.231. The Morgan fingerprint density at radius 2 is 1.79 bits per heavy atom. The van der Waals surface area contributed by atoms with Crippen LogP contribution in [0.2, 0.25) is 0 Å². The Bertz CT molecular complexity index is 1320. The molecule has 0 saturated heterocycles. The smallest absolute Gasteiger partial charge is 0.387 e. The summed E-state index contributed by atoms with van der Waals surface area (Å²) in [5.41, 5.74) is 6.91. The number of H-pyrrole nitrogens is 1. The number of nitrogens with one attached hydrogen (secondary N) is 1. The highest BCUT2D eigenvalue weighted by Crippen LogP contribution is 2.29. The number of alkyl halides is 2. The number of fused-ring (bicyclic) bond motifs is 2. The largest absolute Gasteiger partial charge is 0.435 e. The van der Waals surface area contributed by atoms with E-state index in [9.17, 15) is 13.6 Å². The SMILES string of the molecule is Cc1nc2cc(-c3ccc4c(c3)CN(C(=O)c3ccc(OC(F)F)cc3)CCC4)ccc2[nH]1. The molecule has 2 heterocycles. The van der Waals surface area contributed by atoms with E-state index in [1.54, 1.807) is 0 Å². The van der Waals surface area contributed by atoms with Crippen molar-refractivity contribution in [3.8, 4) is 16.9 Å². The number of hydrogen-bond donors (Lipinski definition) is 1. The van der Waals surface area contributed by atoms with Crippen molar-refractivity contribution >= 4 is 16.9 Å². The number of carbonyl (C=O) groups is 1. The van der Waals surface area contributed by atoms with Crippen LogP contribution in [-0.4, -0.2) is 33.9 Å². The number of aromatic nitrogens is 2. The maximum Gasteiger partial charge on any atom is 0.387 e. The third-order valence-electron chi connectivity index (χ3n) is 5.99. The van der Waals surface area contributed by atoms with Crippen LogP contribution in [-0.2, 0) is 13.0 Å². The number of nitrogens with zero attached hydrogens (tertiary/aromatic N) is 2. The van der Waals surface area contributed by atoms with Crippen LogP contribution in [0.15, 0.2) is 60.7 Å². The maximum absolute atomic E-state index is 13.1. The molecule has 1 aliphatic heterocycles. The molecule has 0 fully saturated rings. The minimum absolute atomic E-state index is 0.0384. The summed E-state index contributed by atoms with van der Waals surface area (Å²) >= 11 is 0. The van der Waals surface area contributed by atoms with Gasteiger partial charge in [0.1, 0.15) is 11.6 Å². The van der Waals surface area contributed by atoms with Crippen molar-refractivity contribution < 1.29 is 18.3 Å². The van der Waals surface area contributed by atoms with Crippen molar-refractivity contribution in [2.75, 3.05) is 6.54 Å². The molecule has 33 heavy (non-hydrogen) atoms. The van der Waals surface area contributed by atoms with E-state index in [2.05, 4.69) is 45.0 Å². The molecular formula is C26H23F2N3O2. The third kappa shape index (κ3) is 4.44. The number of aromatic amines is 1. The van der Waals surface area contributed by atoms with Crippen LogP contribution in [0.1, 0.15) is 33.7 Å². The summed E-state index contributed by atoms with van der Waals surface area (Å²) in [7, 11) is 0. The topological polar surface area (TPSA) is 58.2 Å². The van der Waals surface area contributed by atoms with Crippen LogP contribution in [0, 0.1) is 6.92 Å². The zero-order valence-electron chi connectivity index (χ0n) is 18.1. The molecule has 7 heteroatoms. The van der Waals surface area contributed by atoms with E-state index in [0.29, 0.717) is 18.7 Å². The Kier molecular flexibility index (Phi) is 5.54. The summed E-state index contributed by atoms with van der Waals surface area (Å²) < 4.78 is 29.2. The highest BCUT2D eigenvalue weighted by atomic mass is 19.3. The molecule has 0 unspecified atom stereocenters. The van der Waals surface area contributed by atoms with E-state index >= 15 is 0 Å². The summed E-state index contributed by atoms with van der Waals surface area (Å²) in [6, 6.07) is 18.5. The van der Waals surface area contributed by atoms with Crippen LogP contribution in [0.3, 0.4) is 0 Å². The number of aryl methyl sites for hydroxylation is 2. The average molecular weight is 447 g/mol. The molecule has 5 rings (SSSR count). The van der Waals surface area contributed by atoms with Gasteiger partial charge in [-0.05, 0) is 84.5 Å². The second-order valence-corrected chi connectivity index (χ2v) is 8.27. The molecule has 1 amide bonds. The molecule has 4 aromatic rings. The normalized spacial score (nSPS) is 13.8. The Morgan fingerprint density at radius 1 is 1.03 bits per heavy atom. The molecular weight excluding hydrogens is 424 g/mol. The Hall–Kier alpha value is -3.74. The van der Waals surface area contributed by atoms with Crippen LogP contribution < -0.4 is 4.74 Å². The Balaban J connectivity index is 1.39. The van der Waals surface area contributed by atoms with Gasteiger partial charge in [-0.1, -0.05) is 18.2 Å². The number of benzene rings is 3. The molecule has 0 bridgehead atoms. The monoisotopic (exact) mass is 447 g/mol. The van der Waals surface area contributed by atoms with Crippen molar-refractivity contribution in [2.45, 2.75) is 32.9 Å². The number of halogens is 2. The molecule has 1 aromatic heterocycles. The van der Waals surface area contributed by atoms with Crippen molar-refractivity contribution in [3.63, 3.8) is 0 Å². The highest BCUT2D eigenvalue weighted by molar-refractivity contribution is 5.94. The average Bonchev–Trinajstić information content (AvgIpc) is 3.04. The van der Waals surface area contributed by atoms with Crippen LogP contribution in [0.4, 0.5) is 8.78 Å². The number of amides is 1. The Labute approximate surface area is 190 Å². The lowest BCUT2D eigenvalue weighted by atomic mass is 9.97. The number of hydrogen-bond acceptors (Lipinski definition) is 3. The first-order valence-corrected chi connectivity index (χ1v) is 10.9. The van der Waals surface area contributed by atoms with E-state index in [0.717, 1.165) is 46.4 Å². The second-order valence-electron chi connectivity index (χ2n) is 8.27. The van der Waals surface area contributed by atoms with Gasteiger partial charge in [-0.25, -0.2) is 4.98 Å². The van der Waals surface area contributed by atoms with Gasteiger partial charge in [0.15, 0.2) is 0 Å². The number of carbonyl (C=O) groups excluding carboxylic acids is 1.